The van der Waals surface area contributed by atoms with Gasteiger partial charge in [0.05, 0.1) is 34.1 Å². The Kier molecular flexibility index (Phi) is 10.8. The Bertz CT molecular complexity index is 1330. The molecule has 0 N–H and O–H groups in total. The number of alkyl halides is 6. The maximum absolute atomic E-state index is 12.7. The first-order valence-electron chi connectivity index (χ1n) is 10.7. The van der Waals surface area contributed by atoms with Gasteiger partial charge < -0.3 is 0 Å². The molecule has 6 nitrogen and oxygen atoms in total. The molecule has 0 saturated heterocycles. The number of halogens is 6. The molecule has 0 unspecified atom stereocenters. The second kappa shape index (κ2) is 13.2. The van der Waals surface area contributed by atoms with Crippen LogP contribution in [0.4, 0.5) is 26.3 Å². The van der Waals surface area contributed by atoms with Crippen molar-refractivity contribution >= 4 is 20.2 Å². The van der Waals surface area contributed by atoms with Crippen molar-refractivity contribution in [2.75, 3.05) is 13.2 Å². The van der Waals surface area contributed by atoms with E-state index in [0.717, 1.165) is 36.4 Å². The summed E-state index contributed by atoms with van der Waals surface area (Å²) in [4.78, 5) is -1.23. The molecule has 0 saturated carbocycles. The lowest BCUT2D eigenvalue weighted by Crippen LogP contribution is -2.10. The van der Waals surface area contributed by atoms with Crippen LogP contribution in [0.2, 0.25) is 0 Å². The molecule has 0 fully saturated rings. The van der Waals surface area contributed by atoms with E-state index < -0.39 is 53.5 Å². The molecule has 0 aliphatic carbocycles. The average Bonchev–Trinajstić information content (AvgIpc) is 2.84. The van der Waals surface area contributed by atoms with Crippen LogP contribution in [0, 0.1) is 23.7 Å². The van der Waals surface area contributed by atoms with E-state index in [-0.39, 0.29) is 38.9 Å². The van der Waals surface area contributed by atoms with Gasteiger partial charge in [0.1, 0.15) is 0 Å². The summed E-state index contributed by atoms with van der Waals surface area (Å²) in [7, 11) is -8.74. The number of hydrogen-bond donors (Lipinski definition) is 0. The zero-order valence-electron chi connectivity index (χ0n) is 19.4. The summed E-state index contributed by atoms with van der Waals surface area (Å²) in [5, 5.41) is 0. The fourth-order valence-corrected chi connectivity index (χ4v) is 4.64. The third-order valence-electron chi connectivity index (χ3n) is 4.51. The topological polar surface area (TPSA) is 86.7 Å². The minimum atomic E-state index is -4.70. The molecular weight excluding hydrogens is 562 g/mol. The Balaban J connectivity index is 1.70. The highest BCUT2D eigenvalue weighted by atomic mass is 32.2. The van der Waals surface area contributed by atoms with Crippen molar-refractivity contribution in [3.8, 4) is 23.7 Å². The molecular formula is C24H20F6O6S2. The molecule has 206 valence electrons. The highest BCUT2D eigenvalue weighted by Crippen LogP contribution is 2.31. The minimum Gasteiger partial charge on any atom is -0.266 e. The molecule has 38 heavy (non-hydrogen) atoms. The third-order valence-corrected chi connectivity index (χ3v) is 7.13. The lowest BCUT2D eigenvalue weighted by molar-refractivity contribution is -0.138. The van der Waals surface area contributed by atoms with Crippen LogP contribution in [0.5, 0.6) is 0 Å². The van der Waals surface area contributed by atoms with Crippen LogP contribution < -0.4 is 0 Å². The van der Waals surface area contributed by atoms with Gasteiger partial charge >= 0.3 is 12.4 Å². The Labute approximate surface area is 216 Å². The van der Waals surface area contributed by atoms with Crippen molar-refractivity contribution in [3.63, 3.8) is 0 Å². The summed E-state index contributed by atoms with van der Waals surface area (Å²) in [6.45, 7) is -0.614. The molecule has 0 amide bonds. The van der Waals surface area contributed by atoms with Crippen molar-refractivity contribution < 1.29 is 51.5 Å². The molecule has 0 aliphatic heterocycles. The van der Waals surface area contributed by atoms with Gasteiger partial charge in [-0.25, -0.2) is 0 Å². The molecule has 0 atom stereocenters. The summed E-state index contributed by atoms with van der Waals surface area (Å²) in [6, 6.07) is 6.36. The molecule has 14 heteroatoms. The molecule has 0 aromatic heterocycles. The van der Waals surface area contributed by atoms with Gasteiger partial charge in [0.25, 0.3) is 20.2 Å². The predicted octanol–water partition coefficient (Wildman–Crippen LogP) is 5.40. The van der Waals surface area contributed by atoms with Gasteiger partial charge in [-0.3, -0.25) is 8.37 Å². The van der Waals surface area contributed by atoms with Crippen molar-refractivity contribution in [1.29, 1.82) is 0 Å². The van der Waals surface area contributed by atoms with Gasteiger partial charge in [0.15, 0.2) is 0 Å². The van der Waals surface area contributed by atoms with Crippen molar-refractivity contribution in [1.82, 2.24) is 0 Å². The quantitative estimate of drug-likeness (QED) is 0.161. The second-order valence-electron chi connectivity index (χ2n) is 7.41. The van der Waals surface area contributed by atoms with Crippen LogP contribution in [-0.4, -0.2) is 30.0 Å². The summed E-state index contributed by atoms with van der Waals surface area (Å²) >= 11 is 0. The fraction of sp³-hybridized carbons (Fsp3) is 0.333. The zero-order chi connectivity index (χ0) is 28.5. The summed E-state index contributed by atoms with van der Waals surface area (Å²) in [5.41, 5.74) is -2.23. The fourth-order valence-electron chi connectivity index (χ4n) is 2.66. The highest BCUT2D eigenvalue weighted by molar-refractivity contribution is 7.87. The SMILES string of the molecule is O=S(=O)(OCCCC#CC#CCCCOS(=O)(=O)c1cccc(C(F)(F)F)c1)c1cccc(C(F)(F)F)c1. The number of unbranched alkanes of at least 4 members (excludes halogenated alkanes) is 2. The number of rotatable bonds is 10. The van der Waals surface area contributed by atoms with Crippen LogP contribution in [-0.2, 0) is 41.0 Å². The standard InChI is InChI=1S/C24H20F6O6S2/c25-23(26,27)19-11-9-13-21(17-19)37(31,32)35-15-7-5-3-1-2-4-6-8-16-36-38(33,34)22-14-10-12-20(18-22)24(28,29)30/h9-14,17-18H,5-8,15-16H2. The molecule has 0 heterocycles. The van der Waals surface area contributed by atoms with E-state index in [1.54, 1.807) is 0 Å². The van der Waals surface area contributed by atoms with E-state index in [0.29, 0.717) is 12.1 Å². The van der Waals surface area contributed by atoms with Crippen molar-refractivity contribution in [2.24, 2.45) is 0 Å². The van der Waals surface area contributed by atoms with E-state index >= 15 is 0 Å². The number of benzene rings is 2. The molecule has 2 aromatic rings. The van der Waals surface area contributed by atoms with Crippen LogP contribution in [0.3, 0.4) is 0 Å². The van der Waals surface area contributed by atoms with Gasteiger partial charge in [0, 0.05) is 12.8 Å². The second-order valence-corrected chi connectivity index (χ2v) is 10.6. The average molecular weight is 583 g/mol. The van der Waals surface area contributed by atoms with E-state index in [4.69, 9.17) is 8.37 Å². The summed E-state index contributed by atoms with van der Waals surface area (Å²) < 4.78 is 134. The first kappa shape index (κ1) is 31.2. The summed E-state index contributed by atoms with van der Waals surface area (Å²) in [5.74, 6) is 10.2. The Morgan fingerprint density at radius 1 is 0.632 bits per heavy atom. The van der Waals surface area contributed by atoms with Crippen molar-refractivity contribution in [2.45, 2.75) is 47.8 Å². The zero-order valence-corrected chi connectivity index (χ0v) is 21.0. The molecule has 0 spiro atoms. The lowest BCUT2D eigenvalue weighted by Gasteiger charge is -2.09. The highest BCUT2D eigenvalue weighted by Gasteiger charge is 2.32. The molecule has 0 radical (unpaired) electrons. The van der Waals surface area contributed by atoms with E-state index in [1.165, 1.54) is 0 Å². The smallest absolute Gasteiger partial charge is 0.266 e. The van der Waals surface area contributed by atoms with Crippen molar-refractivity contribution in [3.05, 3.63) is 59.7 Å². The van der Waals surface area contributed by atoms with E-state index in [1.807, 2.05) is 0 Å². The normalized spacial score (nSPS) is 12.3. The number of hydrogen-bond acceptors (Lipinski definition) is 6. The maximum atomic E-state index is 12.7. The van der Waals surface area contributed by atoms with Crippen LogP contribution in [0.15, 0.2) is 58.3 Å². The van der Waals surface area contributed by atoms with Gasteiger partial charge in [0.2, 0.25) is 0 Å². The Hall–Kier alpha value is -3.04. The summed E-state index contributed by atoms with van der Waals surface area (Å²) in [6.07, 6.45) is -8.70. The molecule has 0 aliphatic rings. The maximum Gasteiger partial charge on any atom is 0.416 e. The lowest BCUT2D eigenvalue weighted by atomic mass is 10.2. The predicted molar refractivity (Wildman–Crippen MR) is 123 cm³/mol. The van der Waals surface area contributed by atoms with Gasteiger partial charge in [-0.2, -0.15) is 43.2 Å². The molecule has 0 bridgehead atoms. The molecule has 2 aromatic carbocycles. The third kappa shape index (κ3) is 10.0. The van der Waals surface area contributed by atoms with Crippen LogP contribution in [0.25, 0.3) is 0 Å². The van der Waals surface area contributed by atoms with E-state index in [9.17, 15) is 43.2 Å². The van der Waals surface area contributed by atoms with Crippen LogP contribution >= 0.6 is 0 Å². The monoisotopic (exact) mass is 582 g/mol. The van der Waals surface area contributed by atoms with Gasteiger partial charge in [-0.05, 0) is 61.1 Å². The first-order valence-corrected chi connectivity index (χ1v) is 13.5. The van der Waals surface area contributed by atoms with Gasteiger partial charge in [-0.1, -0.05) is 24.0 Å². The molecule has 2 rings (SSSR count). The Morgan fingerprint density at radius 2 is 1.00 bits per heavy atom. The largest absolute Gasteiger partial charge is 0.416 e. The van der Waals surface area contributed by atoms with E-state index in [2.05, 4.69) is 23.7 Å². The Morgan fingerprint density at radius 3 is 1.34 bits per heavy atom. The minimum absolute atomic E-state index is 0.161. The van der Waals surface area contributed by atoms with Gasteiger partial charge in [-0.15, -0.1) is 0 Å². The van der Waals surface area contributed by atoms with Crippen LogP contribution in [0.1, 0.15) is 36.8 Å². The first-order chi connectivity index (χ1) is 17.6.